The van der Waals surface area contributed by atoms with E-state index in [0.717, 1.165) is 51.9 Å². The number of hydrogen-bond acceptors (Lipinski definition) is 3. The van der Waals surface area contributed by atoms with Crippen LogP contribution in [0.1, 0.15) is 31.2 Å². The molecule has 3 rings (SSSR count). The molecule has 1 aromatic rings. The Hall–Kier alpha value is -0.810. The van der Waals surface area contributed by atoms with Gasteiger partial charge in [0.25, 0.3) is 0 Å². The zero-order chi connectivity index (χ0) is 16.2. The highest BCUT2D eigenvalue weighted by Gasteiger charge is 2.26. The Labute approximate surface area is 147 Å². The molecular formula is C17H23Cl2N3O. The predicted octanol–water partition coefficient (Wildman–Crippen LogP) is 2.83. The summed E-state index contributed by atoms with van der Waals surface area (Å²) >= 11 is 12.0. The summed E-state index contributed by atoms with van der Waals surface area (Å²) in [7, 11) is 0. The van der Waals surface area contributed by atoms with Crippen molar-refractivity contribution >= 4 is 29.1 Å². The number of nitrogens with zero attached hydrogens (tertiary/aromatic N) is 1. The first-order valence-corrected chi connectivity index (χ1v) is 9.07. The van der Waals surface area contributed by atoms with Gasteiger partial charge in [-0.05, 0) is 49.9 Å². The summed E-state index contributed by atoms with van der Waals surface area (Å²) < 4.78 is 0. The van der Waals surface area contributed by atoms with Gasteiger partial charge in [0.1, 0.15) is 0 Å². The number of piperidine rings is 1. The molecule has 4 nitrogen and oxygen atoms in total. The second kappa shape index (κ2) is 7.84. The maximum absolute atomic E-state index is 12.1. The number of carbonyl (C=O) groups excluding carboxylic acids is 1. The summed E-state index contributed by atoms with van der Waals surface area (Å²) in [6.45, 7) is 3.81. The highest BCUT2D eigenvalue weighted by molar-refractivity contribution is 6.42. The molecule has 0 radical (unpaired) electrons. The maximum atomic E-state index is 12.1. The molecule has 2 fully saturated rings. The van der Waals surface area contributed by atoms with E-state index in [0.29, 0.717) is 16.1 Å². The van der Waals surface area contributed by atoms with Gasteiger partial charge in [0.05, 0.1) is 16.1 Å². The van der Waals surface area contributed by atoms with Crippen LogP contribution in [0.25, 0.3) is 0 Å². The number of hydrogen-bond donors (Lipinski definition) is 2. The Morgan fingerprint density at radius 2 is 2.00 bits per heavy atom. The van der Waals surface area contributed by atoms with Crippen LogP contribution in [0.15, 0.2) is 18.2 Å². The average molecular weight is 356 g/mol. The average Bonchev–Trinajstić information content (AvgIpc) is 3.07. The van der Waals surface area contributed by atoms with Crippen molar-refractivity contribution < 1.29 is 4.79 Å². The molecule has 2 saturated heterocycles. The first-order valence-electron chi connectivity index (χ1n) is 8.32. The summed E-state index contributed by atoms with van der Waals surface area (Å²) in [5.41, 5.74) is 1.18. The van der Waals surface area contributed by atoms with Gasteiger partial charge >= 0.3 is 0 Å². The van der Waals surface area contributed by atoms with Crippen LogP contribution >= 0.6 is 23.2 Å². The predicted molar refractivity (Wildman–Crippen MR) is 93.9 cm³/mol. The van der Waals surface area contributed by atoms with Crippen molar-refractivity contribution in [2.45, 2.75) is 44.3 Å². The monoisotopic (exact) mass is 355 g/mol. The smallest absolute Gasteiger partial charge is 0.237 e. The van der Waals surface area contributed by atoms with Gasteiger partial charge in [-0.3, -0.25) is 9.69 Å². The van der Waals surface area contributed by atoms with Crippen LogP contribution in [0.4, 0.5) is 0 Å². The lowest BCUT2D eigenvalue weighted by molar-refractivity contribution is -0.123. The molecule has 2 heterocycles. The van der Waals surface area contributed by atoms with Gasteiger partial charge in [0.2, 0.25) is 5.91 Å². The van der Waals surface area contributed by atoms with Crippen LogP contribution in [0.3, 0.4) is 0 Å². The van der Waals surface area contributed by atoms with Gasteiger partial charge in [0, 0.05) is 25.7 Å². The van der Waals surface area contributed by atoms with Crippen LogP contribution in [0.5, 0.6) is 0 Å². The fourth-order valence-corrected chi connectivity index (χ4v) is 3.66. The highest BCUT2D eigenvalue weighted by Crippen LogP contribution is 2.24. The summed E-state index contributed by atoms with van der Waals surface area (Å²) in [5, 5.41) is 7.65. The quantitative estimate of drug-likeness (QED) is 0.872. The normalized spacial score (nSPS) is 23.1. The Kier molecular flexibility index (Phi) is 5.81. The van der Waals surface area contributed by atoms with Crippen molar-refractivity contribution in [3.05, 3.63) is 33.8 Å². The topological polar surface area (TPSA) is 44.4 Å². The third kappa shape index (κ3) is 4.60. The van der Waals surface area contributed by atoms with Gasteiger partial charge in [-0.2, -0.15) is 0 Å². The highest BCUT2D eigenvalue weighted by atomic mass is 35.5. The number of halogens is 2. The van der Waals surface area contributed by atoms with Crippen LogP contribution in [-0.2, 0) is 11.3 Å². The molecule has 23 heavy (non-hydrogen) atoms. The standard InChI is InChI=1S/C17H23Cl2N3O/c18-14-4-3-12(10-15(14)19)11-22-8-5-13(6-9-22)21-17(23)16-2-1-7-20-16/h3-4,10,13,16,20H,1-2,5-9,11H2,(H,21,23)/t16-/m0/s1. The lowest BCUT2D eigenvalue weighted by Crippen LogP contribution is -2.49. The van der Waals surface area contributed by atoms with E-state index < -0.39 is 0 Å². The van der Waals surface area contributed by atoms with Crippen molar-refractivity contribution in [3.63, 3.8) is 0 Å². The fourth-order valence-electron chi connectivity index (χ4n) is 3.34. The number of likely N-dealkylation sites (tertiary alicyclic amines) is 1. The van der Waals surface area contributed by atoms with Gasteiger partial charge < -0.3 is 10.6 Å². The van der Waals surface area contributed by atoms with Gasteiger partial charge in [-0.25, -0.2) is 0 Å². The van der Waals surface area contributed by atoms with E-state index in [2.05, 4.69) is 15.5 Å². The van der Waals surface area contributed by atoms with E-state index in [1.54, 1.807) is 0 Å². The molecule has 0 saturated carbocycles. The number of nitrogens with one attached hydrogen (secondary N) is 2. The van der Waals surface area contributed by atoms with Crippen LogP contribution in [-0.4, -0.2) is 42.5 Å². The minimum atomic E-state index is 0.0178. The molecular weight excluding hydrogens is 333 g/mol. The second-order valence-electron chi connectivity index (χ2n) is 6.46. The van der Waals surface area contributed by atoms with Gasteiger partial charge in [-0.15, -0.1) is 0 Å². The van der Waals surface area contributed by atoms with E-state index in [1.165, 1.54) is 5.56 Å². The molecule has 0 aromatic heterocycles. The lowest BCUT2D eigenvalue weighted by Gasteiger charge is -2.33. The molecule has 0 spiro atoms. The number of benzene rings is 1. The summed E-state index contributed by atoms with van der Waals surface area (Å²) in [5.74, 6) is 0.172. The molecule has 1 aromatic carbocycles. The van der Waals surface area contributed by atoms with Crippen LogP contribution in [0, 0.1) is 0 Å². The van der Waals surface area contributed by atoms with Crippen molar-refractivity contribution in [2.75, 3.05) is 19.6 Å². The molecule has 2 aliphatic rings. The molecule has 6 heteroatoms. The second-order valence-corrected chi connectivity index (χ2v) is 7.27. The number of carbonyl (C=O) groups is 1. The Morgan fingerprint density at radius 3 is 2.65 bits per heavy atom. The number of rotatable bonds is 4. The van der Waals surface area contributed by atoms with E-state index in [1.807, 2.05) is 18.2 Å². The first kappa shape index (κ1) is 17.0. The van der Waals surface area contributed by atoms with Crippen molar-refractivity contribution in [1.29, 1.82) is 0 Å². The van der Waals surface area contributed by atoms with E-state index in [4.69, 9.17) is 23.2 Å². The molecule has 0 aliphatic carbocycles. The Morgan fingerprint density at radius 1 is 1.22 bits per heavy atom. The Balaban J connectivity index is 1.44. The van der Waals surface area contributed by atoms with E-state index >= 15 is 0 Å². The summed E-state index contributed by atoms with van der Waals surface area (Å²) in [6, 6.07) is 6.12. The molecule has 126 valence electrons. The minimum Gasteiger partial charge on any atom is -0.352 e. The molecule has 2 N–H and O–H groups in total. The minimum absolute atomic E-state index is 0.0178. The zero-order valence-electron chi connectivity index (χ0n) is 13.2. The molecule has 0 unspecified atom stereocenters. The molecule has 2 aliphatic heterocycles. The third-order valence-corrected chi connectivity index (χ3v) is 5.44. The van der Waals surface area contributed by atoms with Crippen LogP contribution in [0.2, 0.25) is 10.0 Å². The summed E-state index contributed by atoms with van der Waals surface area (Å²) in [4.78, 5) is 14.5. The van der Waals surface area contributed by atoms with Crippen molar-refractivity contribution in [2.24, 2.45) is 0 Å². The van der Waals surface area contributed by atoms with E-state index in [-0.39, 0.29) is 11.9 Å². The van der Waals surface area contributed by atoms with Gasteiger partial charge in [0.15, 0.2) is 0 Å². The fraction of sp³-hybridized carbons (Fsp3) is 0.588. The molecule has 0 bridgehead atoms. The number of amides is 1. The summed E-state index contributed by atoms with van der Waals surface area (Å²) in [6.07, 6.45) is 4.06. The molecule has 1 amide bonds. The van der Waals surface area contributed by atoms with E-state index in [9.17, 15) is 4.79 Å². The van der Waals surface area contributed by atoms with Gasteiger partial charge in [-0.1, -0.05) is 29.3 Å². The van der Waals surface area contributed by atoms with Crippen molar-refractivity contribution in [3.8, 4) is 0 Å². The zero-order valence-corrected chi connectivity index (χ0v) is 14.7. The third-order valence-electron chi connectivity index (χ3n) is 4.70. The Bertz CT molecular complexity index is 553. The SMILES string of the molecule is O=C(NC1CCN(Cc2ccc(Cl)c(Cl)c2)CC1)[C@@H]1CCCN1. The van der Waals surface area contributed by atoms with Crippen molar-refractivity contribution in [1.82, 2.24) is 15.5 Å². The maximum Gasteiger partial charge on any atom is 0.237 e. The van der Waals surface area contributed by atoms with Crippen LogP contribution < -0.4 is 10.6 Å². The lowest BCUT2D eigenvalue weighted by atomic mass is 10.0. The first-order chi connectivity index (χ1) is 11.1. The largest absolute Gasteiger partial charge is 0.352 e. The molecule has 1 atom stereocenters.